The van der Waals surface area contributed by atoms with Gasteiger partial charge in [0.2, 0.25) is 0 Å². The van der Waals surface area contributed by atoms with Crippen molar-refractivity contribution in [3.8, 4) is 11.3 Å². The van der Waals surface area contributed by atoms with Gasteiger partial charge >= 0.3 is 0 Å². The lowest BCUT2D eigenvalue weighted by Gasteiger charge is -2.32. The highest BCUT2D eigenvalue weighted by molar-refractivity contribution is 5.97. The molecule has 0 spiro atoms. The van der Waals surface area contributed by atoms with Gasteiger partial charge in [0.1, 0.15) is 0 Å². The van der Waals surface area contributed by atoms with Gasteiger partial charge in [-0.2, -0.15) is 0 Å². The molecule has 2 aliphatic carbocycles. The van der Waals surface area contributed by atoms with Gasteiger partial charge in [-0.1, -0.05) is 32.3 Å². The Kier molecular flexibility index (Phi) is 7.53. The lowest BCUT2D eigenvalue weighted by molar-refractivity contribution is -0.0605. The van der Waals surface area contributed by atoms with E-state index in [2.05, 4.69) is 35.0 Å². The zero-order valence-corrected chi connectivity index (χ0v) is 23.7. The summed E-state index contributed by atoms with van der Waals surface area (Å²) in [5.74, 6) is 0.462. The summed E-state index contributed by atoms with van der Waals surface area (Å²) >= 11 is 0. The van der Waals surface area contributed by atoms with Gasteiger partial charge in [-0.25, -0.2) is 0 Å². The van der Waals surface area contributed by atoms with E-state index in [-0.39, 0.29) is 17.9 Å². The summed E-state index contributed by atoms with van der Waals surface area (Å²) in [6.45, 7) is 10.2. The van der Waals surface area contributed by atoms with Crippen LogP contribution in [-0.4, -0.2) is 46.0 Å². The van der Waals surface area contributed by atoms with Crippen molar-refractivity contribution in [2.75, 3.05) is 19.8 Å². The molecular formula is C32H46N2O4. The highest BCUT2D eigenvalue weighted by Gasteiger charge is 2.40. The fourth-order valence-corrected chi connectivity index (χ4v) is 6.20. The van der Waals surface area contributed by atoms with Crippen molar-refractivity contribution in [2.24, 2.45) is 5.92 Å². The summed E-state index contributed by atoms with van der Waals surface area (Å²) < 4.78 is 7.74. The first kappa shape index (κ1) is 27.4. The number of nitrogens with zero attached hydrogens (tertiary/aromatic N) is 1. The molecule has 1 aliphatic heterocycles. The zero-order valence-electron chi connectivity index (χ0n) is 23.7. The molecule has 3 N–H and O–H groups in total. The number of aliphatic hydroxyl groups is 2. The maximum Gasteiger partial charge on any atom is 0.253 e. The van der Waals surface area contributed by atoms with Crippen molar-refractivity contribution in [3.05, 3.63) is 46.6 Å². The van der Waals surface area contributed by atoms with E-state index in [1.165, 1.54) is 37.7 Å². The maximum atomic E-state index is 13.5. The fourth-order valence-electron chi connectivity index (χ4n) is 6.20. The Morgan fingerprint density at radius 3 is 2.39 bits per heavy atom. The van der Waals surface area contributed by atoms with Crippen molar-refractivity contribution < 1.29 is 19.7 Å². The Morgan fingerprint density at radius 1 is 1.08 bits per heavy atom. The number of carbonyl (C=O) groups is 1. The van der Waals surface area contributed by atoms with Crippen LogP contribution in [0.2, 0.25) is 0 Å². The van der Waals surface area contributed by atoms with Gasteiger partial charge in [0, 0.05) is 50.5 Å². The van der Waals surface area contributed by atoms with Crippen LogP contribution in [-0.2, 0) is 22.3 Å². The number of nitrogens with one attached hydrogen (secondary N) is 1. The van der Waals surface area contributed by atoms with Crippen LogP contribution in [0.15, 0.2) is 24.3 Å². The van der Waals surface area contributed by atoms with E-state index in [9.17, 15) is 15.0 Å². The first-order valence-corrected chi connectivity index (χ1v) is 14.6. The Labute approximate surface area is 227 Å². The monoisotopic (exact) mass is 522 g/mol. The third-order valence-corrected chi connectivity index (χ3v) is 9.41. The van der Waals surface area contributed by atoms with E-state index in [0.717, 1.165) is 41.9 Å². The van der Waals surface area contributed by atoms with Crippen molar-refractivity contribution in [1.29, 1.82) is 0 Å². The van der Waals surface area contributed by atoms with Crippen LogP contribution in [0.5, 0.6) is 0 Å². The molecule has 2 heterocycles. The largest absolute Gasteiger partial charge is 0.388 e. The molecule has 5 rings (SSSR count). The van der Waals surface area contributed by atoms with Crippen LogP contribution >= 0.6 is 0 Å². The second kappa shape index (κ2) is 10.4. The van der Waals surface area contributed by atoms with Crippen molar-refractivity contribution in [1.82, 2.24) is 9.88 Å². The standard InChI is InChI=1S/C32H46N2O4/c1-22-27(29(35)33-21-32(37)12-14-38-15-13-32)19-28(34(22)20-23-8-6-5-7-9-23)24-16-25(30(2,3)36)18-26(17-24)31(4)10-11-31/h16-19,23,36-37H,5-15,20-21H2,1-4H3,(H,33,35). The predicted octanol–water partition coefficient (Wildman–Crippen LogP) is 5.59. The van der Waals surface area contributed by atoms with Gasteiger partial charge in [0.15, 0.2) is 0 Å². The molecule has 2 saturated carbocycles. The van der Waals surface area contributed by atoms with Gasteiger partial charge in [0.25, 0.3) is 5.91 Å². The molecule has 1 aromatic heterocycles. The van der Waals surface area contributed by atoms with Crippen molar-refractivity contribution in [2.45, 2.75) is 109 Å². The van der Waals surface area contributed by atoms with Crippen LogP contribution in [0.25, 0.3) is 11.3 Å². The number of aromatic nitrogens is 1. The Morgan fingerprint density at radius 2 is 1.76 bits per heavy atom. The summed E-state index contributed by atoms with van der Waals surface area (Å²) in [5.41, 5.74) is 4.21. The van der Waals surface area contributed by atoms with Gasteiger partial charge in [-0.3, -0.25) is 4.79 Å². The first-order valence-electron chi connectivity index (χ1n) is 14.6. The molecule has 2 aromatic rings. The summed E-state index contributed by atoms with van der Waals surface area (Å²) in [6, 6.07) is 8.58. The van der Waals surface area contributed by atoms with Crippen LogP contribution in [0.1, 0.15) is 106 Å². The molecule has 0 unspecified atom stereocenters. The van der Waals surface area contributed by atoms with E-state index in [0.29, 0.717) is 37.5 Å². The lowest BCUT2D eigenvalue weighted by Crippen LogP contribution is -2.46. The predicted molar refractivity (Wildman–Crippen MR) is 150 cm³/mol. The van der Waals surface area contributed by atoms with E-state index in [1.54, 1.807) is 0 Å². The summed E-state index contributed by atoms with van der Waals surface area (Å²) in [6.07, 6.45) is 9.68. The molecule has 6 nitrogen and oxygen atoms in total. The molecule has 3 aliphatic rings. The molecule has 1 saturated heterocycles. The number of ether oxygens (including phenoxy) is 1. The van der Waals surface area contributed by atoms with E-state index in [4.69, 9.17) is 4.74 Å². The van der Waals surface area contributed by atoms with E-state index in [1.807, 2.05) is 26.8 Å². The first-order chi connectivity index (χ1) is 18.0. The highest BCUT2D eigenvalue weighted by Crippen LogP contribution is 2.49. The third-order valence-electron chi connectivity index (χ3n) is 9.41. The number of hydrogen-bond donors (Lipinski definition) is 3. The van der Waals surface area contributed by atoms with Crippen LogP contribution < -0.4 is 5.32 Å². The van der Waals surface area contributed by atoms with Gasteiger partial charge in [-0.15, -0.1) is 0 Å². The molecule has 1 amide bonds. The Balaban J connectivity index is 1.52. The minimum absolute atomic E-state index is 0.140. The molecular weight excluding hydrogens is 476 g/mol. The number of carbonyl (C=O) groups excluding carboxylic acids is 1. The molecule has 1 aromatic carbocycles. The molecule has 3 fully saturated rings. The van der Waals surface area contributed by atoms with E-state index >= 15 is 0 Å². The number of hydrogen-bond acceptors (Lipinski definition) is 4. The van der Waals surface area contributed by atoms with Gasteiger partial charge in [-0.05, 0) is 92.7 Å². The molecule has 38 heavy (non-hydrogen) atoms. The summed E-state index contributed by atoms with van der Waals surface area (Å²) in [7, 11) is 0. The molecule has 0 radical (unpaired) electrons. The summed E-state index contributed by atoms with van der Waals surface area (Å²) in [5, 5.41) is 24.9. The molecule has 0 bridgehead atoms. The number of amides is 1. The quantitative estimate of drug-likeness (QED) is 0.422. The third kappa shape index (κ3) is 5.88. The smallest absolute Gasteiger partial charge is 0.253 e. The zero-order chi connectivity index (χ0) is 27.1. The van der Waals surface area contributed by atoms with Gasteiger partial charge < -0.3 is 24.8 Å². The molecule has 0 atom stereocenters. The fraction of sp³-hybridized carbons (Fsp3) is 0.656. The highest BCUT2D eigenvalue weighted by atomic mass is 16.5. The van der Waals surface area contributed by atoms with Gasteiger partial charge in [0.05, 0.1) is 16.8 Å². The minimum Gasteiger partial charge on any atom is -0.388 e. The second-order valence-corrected chi connectivity index (χ2v) is 13.1. The lowest BCUT2D eigenvalue weighted by atomic mass is 9.87. The summed E-state index contributed by atoms with van der Waals surface area (Å²) in [4.78, 5) is 13.5. The SMILES string of the molecule is Cc1c(C(=O)NCC2(O)CCOCC2)cc(-c2cc(C(C)(C)O)cc(C3(C)CC3)c2)n1CC1CCCCC1. The Hall–Kier alpha value is -2.15. The van der Waals surface area contributed by atoms with Crippen LogP contribution in [0, 0.1) is 12.8 Å². The van der Waals surface area contributed by atoms with Crippen LogP contribution in [0.3, 0.4) is 0 Å². The average molecular weight is 523 g/mol. The van der Waals surface area contributed by atoms with Crippen LogP contribution in [0.4, 0.5) is 0 Å². The second-order valence-electron chi connectivity index (χ2n) is 13.1. The minimum atomic E-state index is -0.953. The maximum absolute atomic E-state index is 13.5. The van der Waals surface area contributed by atoms with Crippen molar-refractivity contribution in [3.63, 3.8) is 0 Å². The van der Waals surface area contributed by atoms with E-state index < -0.39 is 11.2 Å². The average Bonchev–Trinajstić information content (AvgIpc) is 3.57. The number of rotatable bonds is 8. The molecule has 208 valence electrons. The topological polar surface area (TPSA) is 83.7 Å². The number of benzene rings is 1. The normalized spacial score (nSPS) is 21.3. The Bertz CT molecular complexity index is 1140. The molecule has 6 heteroatoms. The van der Waals surface area contributed by atoms with Crippen molar-refractivity contribution >= 4 is 5.91 Å².